The lowest BCUT2D eigenvalue weighted by Gasteiger charge is -2.13. The maximum absolute atomic E-state index is 5.69. The summed E-state index contributed by atoms with van der Waals surface area (Å²) in [5.41, 5.74) is 1.79. The topological polar surface area (TPSA) is 84.8 Å². The van der Waals surface area contributed by atoms with Crippen molar-refractivity contribution in [2.24, 2.45) is 4.99 Å². The number of hydrogen-bond donors (Lipinski definition) is 2. The van der Waals surface area contributed by atoms with E-state index in [1.165, 1.54) is 0 Å². The molecule has 0 radical (unpaired) electrons. The van der Waals surface area contributed by atoms with Gasteiger partial charge in [0.25, 0.3) is 0 Å². The van der Waals surface area contributed by atoms with Gasteiger partial charge in [0.15, 0.2) is 5.96 Å². The van der Waals surface area contributed by atoms with E-state index in [9.17, 15) is 0 Å². The van der Waals surface area contributed by atoms with Crippen molar-refractivity contribution in [2.45, 2.75) is 46.8 Å². The molecule has 7 heteroatoms. The minimum Gasteiger partial charge on any atom is -0.491 e. The lowest BCUT2D eigenvalue weighted by Crippen LogP contribution is -2.32. The average Bonchev–Trinajstić information content (AvgIpc) is 3.30. The van der Waals surface area contributed by atoms with Crippen LogP contribution in [-0.2, 0) is 13.0 Å². The van der Waals surface area contributed by atoms with Crippen molar-refractivity contribution in [3.05, 3.63) is 65.8 Å². The van der Waals surface area contributed by atoms with Crippen LogP contribution in [0.25, 0.3) is 0 Å². The van der Waals surface area contributed by atoms with Crippen molar-refractivity contribution in [3.63, 3.8) is 0 Å². The number of nitrogens with one attached hydrogen (secondary N) is 2. The third-order valence-electron chi connectivity index (χ3n) is 4.18. The molecule has 0 spiro atoms. The molecule has 3 rings (SSSR count). The van der Waals surface area contributed by atoms with Gasteiger partial charge in [-0.05, 0) is 64.1 Å². The number of guanidine groups is 1. The van der Waals surface area contributed by atoms with E-state index >= 15 is 0 Å². The second-order valence-corrected chi connectivity index (χ2v) is 6.99. The minimum atomic E-state index is 0.141. The third-order valence-corrected chi connectivity index (χ3v) is 4.18. The average molecular weight is 396 g/mol. The molecule has 0 amide bonds. The van der Waals surface area contributed by atoms with Gasteiger partial charge in [0.05, 0.1) is 18.1 Å². The van der Waals surface area contributed by atoms with Gasteiger partial charge in [-0.2, -0.15) is 0 Å². The molecule has 0 saturated carbocycles. The molecule has 2 aromatic heterocycles. The van der Waals surface area contributed by atoms with E-state index in [0.717, 1.165) is 35.1 Å². The van der Waals surface area contributed by atoms with E-state index < -0.39 is 0 Å². The number of furan rings is 1. The molecule has 0 aliphatic rings. The Morgan fingerprint density at radius 1 is 1.17 bits per heavy atom. The Kier molecular flexibility index (Phi) is 6.94. The zero-order valence-electron chi connectivity index (χ0n) is 17.4. The monoisotopic (exact) mass is 396 g/mol. The zero-order valence-corrected chi connectivity index (χ0v) is 17.4. The number of nitrogens with zero attached hydrogens (tertiary/aromatic N) is 2. The molecular weight excluding hydrogens is 368 g/mol. The summed E-state index contributed by atoms with van der Waals surface area (Å²) in [4.78, 5) is 9.00. The van der Waals surface area contributed by atoms with Crippen molar-refractivity contribution in [3.8, 4) is 5.75 Å². The molecule has 2 heterocycles. The van der Waals surface area contributed by atoms with Gasteiger partial charge in [-0.3, -0.25) is 0 Å². The van der Waals surface area contributed by atoms with Gasteiger partial charge in [0.2, 0.25) is 5.89 Å². The van der Waals surface area contributed by atoms with Gasteiger partial charge in [-0.1, -0.05) is 0 Å². The highest BCUT2D eigenvalue weighted by atomic mass is 16.5. The first-order chi connectivity index (χ1) is 14.0. The summed E-state index contributed by atoms with van der Waals surface area (Å²) >= 11 is 0. The van der Waals surface area contributed by atoms with E-state index in [-0.39, 0.29) is 6.10 Å². The smallest absolute Gasteiger partial charge is 0.216 e. The largest absolute Gasteiger partial charge is 0.491 e. The molecule has 0 fully saturated rings. The minimum absolute atomic E-state index is 0.141. The summed E-state index contributed by atoms with van der Waals surface area (Å²) in [6, 6.07) is 11.6. The van der Waals surface area contributed by atoms with Crippen LogP contribution in [0.4, 0.5) is 5.69 Å². The molecule has 0 bridgehead atoms. The summed E-state index contributed by atoms with van der Waals surface area (Å²) < 4.78 is 16.7. The summed E-state index contributed by atoms with van der Waals surface area (Å²) in [6.45, 7) is 8.86. The number of aryl methyl sites for hydroxylation is 2. The Hall–Kier alpha value is -3.22. The van der Waals surface area contributed by atoms with Crippen molar-refractivity contribution in [1.82, 2.24) is 10.3 Å². The number of ether oxygens (including phenoxy) is 1. The Morgan fingerprint density at radius 2 is 1.97 bits per heavy atom. The summed E-state index contributed by atoms with van der Waals surface area (Å²) in [5.74, 6) is 3.80. The third kappa shape index (κ3) is 6.41. The van der Waals surface area contributed by atoms with Crippen LogP contribution in [0.5, 0.6) is 5.75 Å². The van der Waals surface area contributed by atoms with Crippen LogP contribution in [0.3, 0.4) is 0 Å². The van der Waals surface area contributed by atoms with E-state index in [2.05, 4.69) is 20.6 Å². The summed E-state index contributed by atoms with van der Waals surface area (Å²) in [7, 11) is 0. The second kappa shape index (κ2) is 9.82. The normalized spacial score (nSPS) is 11.7. The van der Waals surface area contributed by atoms with Crippen LogP contribution in [0.2, 0.25) is 0 Å². The second-order valence-electron chi connectivity index (χ2n) is 6.99. The molecule has 0 aliphatic heterocycles. The fourth-order valence-corrected chi connectivity index (χ4v) is 2.68. The van der Waals surface area contributed by atoms with E-state index in [1.807, 2.05) is 64.1 Å². The molecule has 2 N–H and O–H groups in total. The van der Waals surface area contributed by atoms with Crippen molar-refractivity contribution >= 4 is 11.6 Å². The SMILES string of the molecule is Cc1nc(CN=C(NCCc2ccco2)Nc2ccc(OC(C)C)cc2)oc1C. The number of rotatable bonds is 8. The van der Waals surface area contributed by atoms with Crippen LogP contribution < -0.4 is 15.4 Å². The molecule has 29 heavy (non-hydrogen) atoms. The van der Waals surface area contributed by atoms with Gasteiger partial charge < -0.3 is 24.2 Å². The number of benzene rings is 1. The number of oxazole rings is 1. The van der Waals surface area contributed by atoms with E-state index in [4.69, 9.17) is 13.6 Å². The highest BCUT2D eigenvalue weighted by molar-refractivity contribution is 5.93. The number of anilines is 1. The van der Waals surface area contributed by atoms with Crippen molar-refractivity contribution < 1.29 is 13.6 Å². The lowest BCUT2D eigenvalue weighted by atomic mass is 10.3. The highest BCUT2D eigenvalue weighted by Crippen LogP contribution is 2.17. The predicted molar refractivity (Wildman–Crippen MR) is 113 cm³/mol. The molecule has 7 nitrogen and oxygen atoms in total. The van der Waals surface area contributed by atoms with Crippen LogP contribution in [0.15, 0.2) is 56.5 Å². The Bertz CT molecular complexity index is 893. The van der Waals surface area contributed by atoms with Crippen molar-refractivity contribution in [1.29, 1.82) is 0 Å². The molecule has 3 aromatic rings. The van der Waals surface area contributed by atoms with Gasteiger partial charge in [-0.25, -0.2) is 9.98 Å². The quantitative estimate of drug-likeness (QED) is 0.432. The molecule has 1 aromatic carbocycles. The van der Waals surface area contributed by atoms with E-state index in [1.54, 1.807) is 6.26 Å². The van der Waals surface area contributed by atoms with Crippen LogP contribution >= 0.6 is 0 Å². The van der Waals surface area contributed by atoms with Gasteiger partial charge in [0.1, 0.15) is 23.8 Å². The van der Waals surface area contributed by atoms with Crippen LogP contribution in [0.1, 0.15) is 37.0 Å². The number of aliphatic imine (C=N–C) groups is 1. The molecule has 154 valence electrons. The maximum Gasteiger partial charge on any atom is 0.216 e. The van der Waals surface area contributed by atoms with Gasteiger partial charge in [0, 0.05) is 18.7 Å². The zero-order chi connectivity index (χ0) is 20.6. The summed E-state index contributed by atoms with van der Waals surface area (Å²) in [5, 5.41) is 6.64. The first kappa shape index (κ1) is 20.5. The Labute approximate surface area is 171 Å². The van der Waals surface area contributed by atoms with Gasteiger partial charge in [-0.15, -0.1) is 0 Å². The predicted octanol–water partition coefficient (Wildman–Crippen LogP) is 4.47. The lowest BCUT2D eigenvalue weighted by molar-refractivity contribution is 0.242. The summed E-state index contributed by atoms with van der Waals surface area (Å²) in [6.07, 6.45) is 2.57. The number of hydrogen-bond acceptors (Lipinski definition) is 5. The first-order valence-corrected chi connectivity index (χ1v) is 9.77. The standard InChI is InChI=1S/C22H28N4O3/c1-15(2)28-20-9-7-18(8-10-20)26-22(23-12-11-19-6-5-13-27-19)24-14-21-25-16(3)17(4)29-21/h5-10,13,15H,11-12,14H2,1-4H3,(H2,23,24,26). The fraction of sp³-hybridized carbons (Fsp3) is 0.364. The molecular formula is C22H28N4O3. The Morgan fingerprint density at radius 3 is 2.59 bits per heavy atom. The molecule has 0 atom stereocenters. The number of aromatic nitrogens is 1. The fourth-order valence-electron chi connectivity index (χ4n) is 2.68. The molecule has 0 unspecified atom stereocenters. The Balaban J connectivity index is 1.66. The molecule has 0 aliphatic carbocycles. The van der Waals surface area contributed by atoms with Crippen LogP contribution in [0, 0.1) is 13.8 Å². The maximum atomic E-state index is 5.69. The first-order valence-electron chi connectivity index (χ1n) is 9.77. The van der Waals surface area contributed by atoms with Crippen LogP contribution in [-0.4, -0.2) is 23.6 Å². The molecule has 0 saturated heterocycles. The van der Waals surface area contributed by atoms with Crippen molar-refractivity contribution in [2.75, 3.05) is 11.9 Å². The highest BCUT2D eigenvalue weighted by Gasteiger charge is 2.07. The van der Waals surface area contributed by atoms with Gasteiger partial charge >= 0.3 is 0 Å². The van der Waals surface area contributed by atoms with E-state index in [0.29, 0.717) is 24.9 Å².